The molecule has 0 aliphatic carbocycles. The molecule has 0 saturated heterocycles. The first kappa shape index (κ1) is 14.1. The van der Waals surface area contributed by atoms with Crippen LogP contribution in [-0.4, -0.2) is 24.6 Å². The normalized spacial score (nSPS) is 10.3. The van der Waals surface area contributed by atoms with Gasteiger partial charge in [0.25, 0.3) is 0 Å². The molecule has 0 fully saturated rings. The molecule has 0 N–H and O–H groups in total. The summed E-state index contributed by atoms with van der Waals surface area (Å²) < 4.78 is 5.11. The van der Waals surface area contributed by atoms with Crippen LogP contribution in [0.1, 0.15) is 24.1 Å². The molecule has 0 saturated carbocycles. The molecule has 2 rings (SSSR count). The lowest BCUT2D eigenvalue weighted by Crippen LogP contribution is -2.32. The van der Waals surface area contributed by atoms with E-state index < -0.39 is 0 Å². The molecule has 104 valence electrons. The zero-order chi connectivity index (χ0) is 14.4. The van der Waals surface area contributed by atoms with Gasteiger partial charge in [0.05, 0.1) is 12.6 Å². The van der Waals surface area contributed by atoms with Gasteiger partial charge in [0.1, 0.15) is 0 Å². The molecule has 0 aliphatic rings. The monoisotopic (exact) mass is 269 g/mol. The second-order valence-electron chi connectivity index (χ2n) is 4.53. The molecule has 0 unspecified atom stereocenters. The molecule has 1 amide bonds. The van der Waals surface area contributed by atoms with Crippen LogP contribution in [0.5, 0.6) is 0 Å². The third kappa shape index (κ3) is 3.18. The Morgan fingerprint density at radius 3 is 1.85 bits per heavy atom. The van der Waals surface area contributed by atoms with E-state index in [0.29, 0.717) is 6.61 Å². The number of benzene rings is 2. The Labute approximate surface area is 119 Å². The fourth-order valence-corrected chi connectivity index (χ4v) is 2.24. The van der Waals surface area contributed by atoms with Crippen molar-refractivity contribution in [3.05, 3.63) is 71.8 Å². The predicted molar refractivity (Wildman–Crippen MR) is 79.5 cm³/mol. The van der Waals surface area contributed by atoms with E-state index in [4.69, 9.17) is 4.74 Å². The second kappa shape index (κ2) is 6.75. The van der Waals surface area contributed by atoms with E-state index in [0.717, 1.165) is 11.1 Å². The summed E-state index contributed by atoms with van der Waals surface area (Å²) in [5.74, 6) is 0. The van der Waals surface area contributed by atoms with E-state index in [1.54, 1.807) is 11.9 Å². The molecule has 0 radical (unpaired) electrons. The molecular weight excluding hydrogens is 250 g/mol. The van der Waals surface area contributed by atoms with Gasteiger partial charge in [0, 0.05) is 7.05 Å². The van der Waals surface area contributed by atoms with Gasteiger partial charge in [0.15, 0.2) is 0 Å². The molecule has 0 atom stereocenters. The van der Waals surface area contributed by atoms with Gasteiger partial charge in [-0.05, 0) is 18.1 Å². The Kier molecular flexibility index (Phi) is 4.77. The predicted octanol–water partition coefficient (Wildman–Crippen LogP) is 3.86. The summed E-state index contributed by atoms with van der Waals surface area (Å²) in [7, 11) is 1.77. The second-order valence-corrected chi connectivity index (χ2v) is 4.53. The number of ether oxygens (including phenoxy) is 1. The summed E-state index contributed by atoms with van der Waals surface area (Å²) in [5.41, 5.74) is 2.13. The maximum atomic E-state index is 12.0. The summed E-state index contributed by atoms with van der Waals surface area (Å²) in [6, 6.07) is 19.8. The third-order valence-corrected chi connectivity index (χ3v) is 3.17. The van der Waals surface area contributed by atoms with E-state index in [2.05, 4.69) is 0 Å². The summed E-state index contributed by atoms with van der Waals surface area (Å²) >= 11 is 0. The molecule has 0 heterocycles. The van der Waals surface area contributed by atoms with Crippen molar-refractivity contribution in [3.63, 3.8) is 0 Å². The lowest BCUT2D eigenvalue weighted by atomic mass is 9.98. The van der Waals surface area contributed by atoms with Crippen molar-refractivity contribution in [2.24, 2.45) is 0 Å². The van der Waals surface area contributed by atoms with E-state index >= 15 is 0 Å². The third-order valence-electron chi connectivity index (χ3n) is 3.17. The first-order chi connectivity index (χ1) is 9.74. The van der Waals surface area contributed by atoms with Crippen molar-refractivity contribution >= 4 is 6.09 Å². The molecule has 3 nitrogen and oxygen atoms in total. The van der Waals surface area contributed by atoms with Crippen molar-refractivity contribution in [1.82, 2.24) is 4.90 Å². The molecule has 3 heteroatoms. The van der Waals surface area contributed by atoms with E-state index in [1.165, 1.54) is 0 Å². The van der Waals surface area contributed by atoms with Crippen LogP contribution < -0.4 is 0 Å². The minimum absolute atomic E-state index is 0.142. The number of nitrogens with zero attached hydrogens (tertiary/aromatic N) is 1. The minimum atomic E-state index is -0.315. The first-order valence-electron chi connectivity index (χ1n) is 6.73. The molecule has 2 aromatic carbocycles. The SMILES string of the molecule is CCOC(=O)N(C)C(c1ccccc1)c1ccccc1. The van der Waals surface area contributed by atoms with E-state index in [-0.39, 0.29) is 12.1 Å². The standard InChI is InChI=1S/C17H19NO2/c1-3-20-17(19)18(2)16(14-10-6-4-7-11-14)15-12-8-5-9-13-15/h4-13,16H,3H2,1-2H3. The highest BCUT2D eigenvalue weighted by Gasteiger charge is 2.23. The van der Waals surface area contributed by atoms with Crippen LogP contribution in [0.4, 0.5) is 4.79 Å². The number of rotatable bonds is 4. The smallest absolute Gasteiger partial charge is 0.410 e. The Bertz CT molecular complexity index is 500. The van der Waals surface area contributed by atoms with Crippen molar-refractivity contribution in [1.29, 1.82) is 0 Å². The zero-order valence-corrected chi connectivity index (χ0v) is 11.8. The highest BCUT2D eigenvalue weighted by molar-refractivity contribution is 5.68. The fourth-order valence-electron chi connectivity index (χ4n) is 2.24. The Morgan fingerprint density at radius 1 is 1.00 bits per heavy atom. The molecule has 2 aromatic rings. The van der Waals surface area contributed by atoms with Crippen LogP contribution in [-0.2, 0) is 4.74 Å². The lowest BCUT2D eigenvalue weighted by Gasteiger charge is -2.28. The quantitative estimate of drug-likeness (QED) is 0.843. The number of hydrogen-bond donors (Lipinski definition) is 0. The molecular formula is C17H19NO2. The molecule has 0 aromatic heterocycles. The Morgan fingerprint density at radius 2 is 1.45 bits per heavy atom. The molecule has 0 aliphatic heterocycles. The zero-order valence-electron chi connectivity index (χ0n) is 11.8. The Hall–Kier alpha value is -2.29. The lowest BCUT2D eigenvalue weighted by molar-refractivity contribution is 0.107. The van der Waals surface area contributed by atoms with Crippen LogP contribution in [0, 0.1) is 0 Å². The fraction of sp³-hybridized carbons (Fsp3) is 0.235. The van der Waals surface area contributed by atoms with E-state index in [1.807, 2.05) is 67.6 Å². The van der Waals surface area contributed by atoms with Crippen LogP contribution in [0.3, 0.4) is 0 Å². The highest BCUT2D eigenvalue weighted by Crippen LogP contribution is 2.27. The number of carbonyl (C=O) groups is 1. The first-order valence-corrected chi connectivity index (χ1v) is 6.73. The summed E-state index contributed by atoms with van der Waals surface area (Å²) in [4.78, 5) is 13.7. The van der Waals surface area contributed by atoms with Gasteiger partial charge in [-0.1, -0.05) is 60.7 Å². The van der Waals surface area contributed by atoms with Crippen molar-refractivity contribution in [2.75, 3.05) is 13.7 Å². The summed E-state index contributed by atoms with van der Waals surface area (Å²) in [6.07, 6.45) is -0.315. The van der Waals surface area contributed by atoms with Gasteiger partial charge in [-0.25, -0.2) is 4.79 Å². The van der Waals surface area contributed by atoms with Gasteiger partial charge in [-0.2, -0.15) is 0 Å². The topological polar surface area (TPSA) is 29.5 Å². The number of carbonyl (C=O) groups excluding carboxylic acids is 1. The highest BCUT2D eigenvalue weighted by atomic mass is 16.6. The maximum absolute atomic E-state index is 12.0. The van der Waals surface area contributed by atoms with Crippen molar-refractivity contribution in [3.8, 4) is 0 Å². The maximum Gasteiger partial charge on any atom is 0.410 e. The molecule has 0 spiro atoms. The minimum Gasteiger partial charge on any atom is -0.450 e. The largest absolute Gasteiger partial charge is 0.450 e. The van der Waals surface area contributed by atoms with Crippen molar-refractivity contribution < 1.29 is 9.53 Å². The average molecular weight is 269 g/mol. The van der Waals surface area contributed by atoms with Crippen molar-refractivity contribution in [2.45, 2.75) is 13.0 Å². The van der Waals surface area contributed by atoms with E-state index in [9.17, 15) is 4.79 Å². The van der Waals surface area contributed by atoms with Crippen LogP contribution in [0.2, 0.25) is 0 Å². The number of hydrogen-bond acceptors (Lipinski definition) is 2. The molecule has 20 heavy (non-hydrogen) atoms. The summed E-state index contributed by atoms with van der Waals surface area (Å²) in [5, 5.41) is 0. The number of amides is 1. The van der Waals surface area contributed by atoms with Crippen LogP contribution in [0.15, 0.2) is 60.7 Å². The summed E-state index contributed by atoms with van der Waals surface area (Å²) in [6.45, 7) is 2.19. The van der Waals surface area contributed by atoms with Gasteiger partial charge in [-0.3, -0.25) is 0 Å². The average Bonchev–Trinajstić information content (AvgIpc) is 2.50. The van der Waals surface area contributed by atoms with Crippen LogP contribution in [0.25, 0.3) is 0 Å². The molecule has 0 bridgehead atoms. The Balaban J connectivity index is 2.37. The van der Waals surface area contributed by atoms with Gasteiger partial charge in [0.2, 0.25) is 0 Å². The van der Waals surface area contributed by atoms with Crippen LogP contribution >= 0.6 is 0 Å². The van der Waals surface area contributed by atoms with Gasteiger partial charge < -0.3 is 9.64 Å². The van der Waals surface area contributed by atoms with Gasteiger partial charge >= 0.3 is 6.09 Å². The van der Waals surface area contributed by atoms with Gasteiger partial charge in [-0.15, -0.1) is 0 Å².